The van der Waals surface area contributed by atoms with Crippen molar-refractivity contribution in [3.8, 4) is 17.6 Å². The van der Waals surface area contributed by atoms with Crippen molar-refractivity contribution in [3.63, 3.8) is 0 Å². The Bertz CT molecular complexity index is 921. The van der Waals surface area contributed by atoms with Crippen LogP contribution in [0.4, 0.5) is 5.82 Å². The molecule has 0 saturated heterocycles. The summed E-state index contributed by atoms with van der Waals surface area (Å²) >= 11 is 0. The standard InChI is InChI=1S/C18H16N4O4/c1-24-13-2-4-14(5-3-13)25-12-15-6-7-16(26-15)18(23)20-17-8-10-22(21-17)11-9-19/h2-8,10H,11-12H2,1H3,(H,20,21,23). The number of amides is 1. The molecule has 0 saturated carbocycles. The van der Waals surface area contributed by atoms with Gasteiger partial charge in [0.2, 0.25) is 0 Å². The predicted molar refractivity (Wildman–Crippen MR) is 91.8 cm³/mol. The quantitative estimate of drug-likeness (QED) is 0.701. The minimum Gasteiger partial charge on any atom is -0.497 e. The van der Waals surface area contributed by atoms with E-state index in [0.29, 0.717) is 17.3 Å². The molecule has 0 fully saturated rings. The lowest BCUT2D eigenvalue weighted by Crippen LogP contribution is -2.11. The number of methoxy groups -OCH3 is 1. The lowest BCUT2D eigenvalue weighted by molar-refractivity contribution is 0.0992. The second kappa shape index (κ2) is 7.90. The Balaban J connectivity index is 1.56. The number of nitriles is 1. The van der Waals surface area contributed by atoms with Crippen molar-refractivity contribution in [2.24, 2.45) is 0 Å². The topological polar surface area (TPSA) is 102 Å². The minimum atomic E-state index is -0.428. The van der Waals surface area contributed by atoms with Crippen LogP contribution in [0.2, 0.25) is 0 Å². The highest BCUT2D eigenvalue weighted by molar-refractivity contribution is 6.01. The highest BCUT2D eigenvalue weighted by Gasteiger charge is 2.13. The van der Waals surface area contributed by atoms with E-state index in [1.165, 1.54) is 4.68 Å². The van der Waals surface area contributed by atoms with E-state index in [1.807, 2.05) is 6.07 Å². The molecule has 2 aromatic heterocycles. The van der Waals surface area contributed by atoms with E-state index < -0.39 is 5.91 Å². The normalized spacial score (nSPS) is 10.2. The number of hydrogen-bond donors (Lipinski definition) is 1. The summed E-state index contributed by atoms with van der Waals surface area (Å²) in [4.78, 5) is 12.2. The van der Waals surface area contributed by atoms with Crippen molar-refractivity contribution < 1.29 is 18.7 Å². The molecule has 0 aliphatic rings. The molecule has 1 amide bonds. The molecular weight excluding hydrogens is 336 g/mol. The molecule has 0 unspecified atom stereocenters. The molecule has 0 bridgehead atoms. The number of anilines is 1. The number of carbonyl (C=O) groups excluding carboxylic acids is 1. The summed E-state index contributed by atoms with van der Waals surface area (Å²) in [6.07, 6.45) is 1.61. The summed E-state index contributed by atoms with van der Waals surface area (Å²) in [5.41, 5.74) is 0. The Morgan fingerprint density at radius 1 is 1.23 bits per heavy atom. The maximum absolute atomic E-state index is 12.2. The van der Waals surface area contributed by atoms with Crippen molar-refractivity contribution >= 4 is 11.7 Å². The van der Waals surface area contributed by atoms with E-state index in [1.54, 1.807) is 55.8 Å². The lowest BCUT2D eigenvalue weighted by atomic mass is 10.3. The van der Waals surface area contributed by atoms with Crippen molar-refractivity contribution in [2.45, 2.75) is 13.2 Å². The molecule has 2 heterocycles. The van der Waals surface area contributed by atoms with Gasteiger partial charge in [-0.15, -0.1) is 0 Å². The van der Waals surface area contributed by atoms with Gasteiger partial charge in [-0.2, -0.15) is 10.4 Å². The Morgan fingerprint density at radius 2 is 2.00 bits per heavy atom. The first-order valence-electron chi connectivity index (χ1n) is 7.75. The van der Waals surface area contributed by atoms with Gasteiger partial charge in [-0.3, -0.25) is 9.48 Å². The van der Waals surface area contributed by atoms with Crippen LogP contribution < -0.4 is 14.8 Å². The largest absolute Gasteiger partial charge is 0.497 e. The van der Waals surface area contributed by atoms with Crippen LogP contribution in [0.3, 0.4) is 0 Å². The van der Waals surface area contributed by atoms with E-state index in [2.05, 4.69) is 10.4 Å². The molecule has 0 aliphatic carbocycles. The van der Waals surface area contributed by atoms with Crippen LogP contribution in [-0.2, 0) is 13.2 Å². The molecule has 26 heavy (non-hydrogen) atoms. The highest BCUT2D eigenvalue weighted by Crippen LogP contribution is 2.19. The minimum absolute atomic E-state index is 0.115. The van der Waals surface area contributed by atoms with Gasteiger partial charge >= 0.3 is 0 Å². The number of nitrogens with zero attached hydrogens (tertiary/aromatic N) is 3. The zero-order chi connectivity index (χ0) is 18.4. The van der Waals surface area contributed by atoms with Crippen LogP contribution in [0.5, 0.6) is 11.5 Å². The van der Waals surface area contributed by atoms with E-state index in [9.17, 15) is 4.79 Å². The third-order valence-electron chi connectivity index (χ3n) is 3.44. The molecule has 0 spiro atoms. The number of benzene rings is 1. The first-order valence-corrected chi connectivity index (χ1v) is 7.75. The third kappa shape index (κ3) is 4.21. The van der Waals surface area contributed by atoms with Gasteiger partial charge in [0.15, 0.2) is 11.6 Å². The molecule has 8 nitrogen and oxygen atoms in total. The third-order valence-corrected chi connectivity index (χ3v) is 3.44. The molecule has 132 valence electrons. The van der Waals surface area contributed by atoms with Gasteiger partial charge in [0.05, 0.1) is 13.2 Å². The summed E-state index contributed by atoms with van der Waals surface area (Å²) in [6, 6.07) is 14.0. The van der Waals surface area contributed by atoms with Crippen molar-refractivity contribution in [1.82, 2.24) is 9.78 Å². The number of ether oxygens (including phenoxy) is 2. The van der Waals surface area contributed by atoms with E-state index in [0.717, 1.165) is 5.75 Å². The molecule has 0 aliphatic heterocycles. The molecule has 3 aromatic rings. The Hall–Kier alpha value is -3.73. The van der Waals surface area contributed by atoms with Crippen molar-refractivity contribution in [3.05, 3.63) is 60.2 Å². The summed E-state index contributed by atoms with van der Waals surface area (Å²) in [7, 11) is 1.60. The average Bonchev–Trinajstić information content (AvgIpc) is 3.30. The fourth-order valence-electron chi connectivity index (χ4n) is 2.17. The van der Waals surface area contributed by atoms with Gasteiger partial charge in [0.1, 0.15) is 30.4 Å². The van der Waals surface area contributed by atoms with Crippen LogP contribution in [0.25, 0.3) is 0 Å². The lowest BCUT2D eigenvalue weighted by Gasteiger charge is -2.05. The zero-order valence-electron chi connectivity index (χ0n) is 14.0. The summed E-state index contributed by atoms with van der Waals surface area (Å²) < 4.78 is 17.6. The number of hydrogen-bond acceptors (Lipinski definition) is 6. The van der Waals surface area contributed by atoms with Crippen LogP contribution in [0, 0.1) is 11.3 Å². The van der Waals surface area contributed by atoms with E-state index in [-0.39, 0.29) is 18.9 Å². The van der Waals surface area contributed by atoms with Crippen LogP contribution in [-0.4, -0.2) is 22.8 Å². The van der Waals surface area contributed by atoms with Gasteiger partial charge in [0, 0.05) is 12.3 Å². The molecule has 3 rings (SSSR count). The van der Waals surface area contributed by atoms with Gasteiger partial charge in [-0.05, 0) is 36.4 Å². The van der Waals surface area contributed by atoms with Gasteiger partial charge in [-0.25, -0.2) is 0 Å². The summed E-state index contributed by atoms with van der Waals surface area (Å²) in [5.74, 6) is 1.98. The van der Waals surface area contributed by atoms with Crippen LogP contribution in [0.15, 0.2) is 53.1 Å². The molecule has 1 N–H and O–H groups in total. The second-order valence-electron chi connectivity index (χ2n) is 5.24. The zero-order valence-corrected chi connectivity index (χ0v) is 14.0. The maximum atomic E-state index is 12.2. The van der Waals surface area contributed by atoms with Gasteiger partial charge in [-0.1, -0.05) is 0 Å². The number of rotatable bonds is 7. The number of nitrogens with one attached hydrogen (secondary N) is 1. The smallest absolute Gasteiger partial charge is 0.292 e. The molecule has 8 heteroatoms. The van der Waals surface area contributed by atoms with Crippen molar-refractivity contribution in [1.29, 1.82) is 5.26 Å². The first-order chi connectivity index (χ1) is 12.7. The Morgan fingerprint density at radius 3 is 2.73 bits per heavy atom. The molecule has 0 radical (unpaired) electrons. The number of carbonyl (C=O) groups is 1. The monoisotopic (exact) mass is 352 g/mol. The average molecular weight is 352 g/mol. The van der Waals surface area contributed by atoms with Gasteiger partial charge < -0.3 is 19.2 Å². The molecular formula is C18H16N4O4. The summed E-state index contributed by atoms with van der Waals surface area (Å²) in [5, 5.41) is 15.3. The van der Waals surface area contributed by atoms with Crippen molar-refractivity contribution in [2.75, 3.05) is 12.4 Å². The second-order valence-corrected chi connectivity index (χ2v) is 5.24. The molecule has 1 aromatic carbocycles. The first kappa shape index (κ1) is 17.1. The Labute approximate surface area is 149 Å². The van der Waals surface area contributed by atoms with Crippen LogP contribution in [0.1, 0.15) is 16.3 Å². The Kier molecular flexibility index (Phi) is 5.19. The fourth-order valence-corrected chi connectivity index (χ4v) is 2.17. The van der Waals surface area contributed by atoms with Gasteiger partial charge in [0.25, 0.3) is 5.91 Å². The fraction of sp³-hybridized carbons (Fsp3) is 0.167. The summed E-state index contributed by atoms with van der Waals surface area (Å²) in [6.45, 7) is 0.305. The van der Waals surface area contributed by atoms with E-state index >= 15 is 0 Å². The SMILES string of the molecule is COc1ccc(OCc2ccc(C(=O)Nc3ccn(CC#N)n3)o2)cc1. The maximum Gasteiger partial charge on any atom is 0.292 e. The number of aromatic nitrogens is 2. The van der Waals surface area contributed by atoms with E-state index in [4.69, 9.17) is 19.2 Å². The molecule has 0 atom stereocenters. The number of furan rings is 1. The highest BCUT2D eigenvalue weighted by atomic mass is 16.5. The predicted octanol–water partition coefficient (Wildman–Crippen LogP) is 2.84. The van der Waals surface area contributed by atoms with Crippen LogP contribution >= 0.6 is 0 Å².